The Morgan fingerprint density at radius 3 is 2.56 bits per heavy atom. The van der Waals surface area contributed by atoms with E-state index in [4.69, 9.17) is 4.74 Å². The van der Waals surface area contributed by atoms with E-state index in [0.29, 0.717) is 22.6 Å². The lowest BCUT2D eigenvalue weighted by molar-refractivity contribution is -0.153. The number of aromatic nitrogens is 2. The number of carbonyl (C=O) groups is 2. The third-order valence-corrected chi connectivity index (χ3v) is 6.38. The third-order valence-electron chi connectivity index (χ3n) is 6.38. The molecule has 0 bridgehead atoms. The van der Waals surface area contributed by atoms with Crippen LogP contribution in [0, 0.1) is 0 Å². The van der Waals surface area contributed by atoms with Gasteiger partial charge >= 0.3 is 5.97 Å². The number of aryl methyl sites for hydroxylation is 1. The molecule has 0 aliphatic heterocycles. The number of hydrogen-bond donors (Lipinski definition) is 1. The minimum atomic E-state index is -0.937. The summed E-state index contributed by atoms with van der Waals surface area (Å²) in [5.74, 6) is 0.0149. The Morgan fingerprint density at radius 2 is 1.82 bits per heavy atom. The molecular weight excluding hydrogens is 430 g/mol. The zero-order valence-corrected chi connectivity index (χ0v) is 19.9. The maximum atomic E-state index is 13.0. The monoisotopic (exact) mass is 461 g/mol. The molecule has 0 saturated heterocycles. The number of para-hydroxylation sites is 2. The van der Waals surface area contributed by atoms with E-state index in [9.17, 15) is 14.4 Å². The first-order valence-electron chi connectivity index (χ1n) is 12.0. The first-order chi connectivity index (χ1) is 16.4. The number of rotatable bonds is 9. The Labute approximate surface area is 199 Å². The summed E-state index contributed by atoms with van der Waals surface area (Å²) in [5.41, 5.74) is 2.35. The second-order valence-corrected chi connectivity index (χ2v) is 8.97. The van der Waals surface area contributed by atoms with Crippen LogP contribution in [-0.2, 0) is 20.7 Å². The van der Waals surface area contributed by atoms with Gasteiger partial charge in [0.05, 0.1) is 17.3 Å². The van der Waals surface area contributed by atoms with E-state index in [2.05, 4.69) is 24.1 Å². The highest BCUT2D eigenvalue weighted by Gasteiger charge is 2.28. The molecule has 0 spiro atoms. The van der Waals surface area contributed by atoms with E-state index in [-0.39, 0.29) is 30.3 Å². The maximum absolute atomic E-state index is 13.0. The van der Waals surface area contributed by atoms with Crippen molar-refractivity contribution in [2.75, 3.05) is 5.32 Å². The number of nitrogens with one attached hydrogen (secondary N) is 1. The smallest absolute Gasteiger partial charge is 0.307 e. The van der Waals surface area contributed by atoms with Crippen LogP contribution in [0.2, 0.25) is 0 Å². The van der Waals surface area contributed by atoms with E-state index < -0.39 is 12.1 Å². The lowest BCUT2D eigenvalue weighted by Crippen LogP contribution is -2.31. The van der Waals surface area contributed by atoms with Gasteiger partial charge in [-0.25, -0.2) is 4.98 Å². The highest BCUT2D eigenvalue weighted by atomic mass is 16.5. The largest absolute Gasteiger partial charge is 0.453 e. The summed E-state index contributed by atoms with van der Waals surface area (Å²) in [6, 6.07) is 15.1. The van der Waals surface area contributed by atoms with Crippen LogP contribution in [0.1, 0.15) is 69.8 Å². The number of amides is 1. The van der Waals surface area contributed by atoms with Crippen molar-refractivity contribution in [2.45, 2.75) is 70.9 Å². The summed E-state index contributed by atoms with van der Waals surface area (Å²) in [7, 11) is 0. The van der Waals surface area contributed by atoms with Crippen LogP contribution in [0.25, 0.3) is 10.9 Å². The number of nitrogens with zero attached hydrogens (tertiary/aromatic N) is 2. The standard InChI is InChI=1S/C27H31N3O4/c1-4-17(2)20-9-5-7-11-22(20)29-26(32)18(3)34-25(31)16-15-24-28-23-12-8-6-10-21(23)27(33)30(24)19-13-14-19/h5-12,17-19H,4,13-16H2,1-3H3,(H,29,32)/t17-,18+/m0/s1. The lowest BCUT2D eigenvalue weighted by atomic mass is 9.97. The molecule has 0 unspecified atom stereocenters. The number of ether oxygens (including phenoxy) is 1. The molecule has 1 heterocycles. The predicted molar refractivity (Wildman–Crippen MR) is 132 cm³/mol. The van der Waals surface area contributed by atoms with Crippen molar-refractivity contribution in [1.29, 1.82) is 0 Å². The van der Waals surface area contributed by atoms with Crippen LogP contribution >= 0.6 is 0 Å². The molecule has 3 aromatic rings. The molecule has 2 atom stereocenters. The first kappa shape index (κ1) is 23.7. The van der Waals surface area contributed by atoms with E-state index in [1.807, 2.05) is 36.4 Å². The number of hydrogen-bond acceptors (Lipinski definition) is 5. The van der Waals surface area contributed by atoms with Gasteiger partial charge in [0.2, 0.25) is 0 Å². The molecule has 0 radical (unpaired) electrons. The number of fused-ring (bicyclic) bond motifs is 1. The SMILES string of the molecule is CC[C@H](C)c1ccccc1NC(=O)[C@@H](C)OC(=O)CCc1nc2ccccc2c(=O)n1C1CC1. The topological polar surface area (TPSA) is 90.3 Å². The molecular formula is C27H31N3O4. The normalized spacial score (nSPS) is 15.0. The Balaban J connectivity index is 1.40. The second kappa shape index (κ2) is 10.2. The van der Waals surface area contributed by atoms with Gasteiger partial charge in [-0.05, 0) is 55.9 Å². The van der Waals surface area contributed by atoms with E-state index >= 15 is 0 Å². The predicted octanol–water partition coefficient (Wildman–Crippen LogP) is 4.75. The molecule has 1 aromatic heterocycles. The average molecular weight is 462 g/mol. The fraction of sp³-hybridized carbons (Fsp3) is 0.407. The molecule has 7 nitrogen and oxygen atoms in total. The van der Waals surface area contributed by atoms with Gasteiger partial charge in [0.25, 0.3) is 11.5 Å². The van der Waals surface area contributed by atoms with E-state index in [0.717, 1.165) is 30.5 Å². The Kier molecular flexibility index (Phi) is 7.10. The fourth-order valence-electron chi connectivity index (χ4n) is 4.10. The van der Waals surface area contributed by atoms with Crippen molar-refractivity contribution < 1.29 is 14.3 Å². The Bertz CT molecular complexity index is 1260. The molecule has 1 N–H and O–H groups in total. The fourth-order valence-corrected chi connectivity index (χ4v) is 4.10. The average Bonchev–Trinajstić information content (AvgIpc) is 3.67. The van der Waals surface area contributed by atoms with Gasteiger partial charge in [-0.1, -0.05) is 44.2 Å². The maximum Gasteiger partial charge on any atom is 0.307 e. The van der Waals surface area contributed by atoms with Crippen LogP contribution in [0.5, 0.6) is 0 Å². The molecule has 1 aliphatic rings. The van der Waals surface area contributed by atoms with Gasteiger partial charge in [0.15, 0.2) is 6.10 Å². The number of anilines is 1. The van der Waals surface area contributed by atoms with Crippen molar-refractivity contribution in [1.82, 2.24) is 9.55 Å². The molecule has 2 aromatic carbocycles. The highest BCUT2D eigenvalue weighted by Crippen LogP contribution is 2.35. The summed E-state index contributed by atoms with van der Waals surface area (Å²) in [4.78, 5) is 42.8. The zero-order chi connectivity index (χ0) is 24.2. The Hall–Kier alpha value is -3.48. The summed E-state index contributed by atoms with van der Waals surface area (Å²) in [6.07, 6.45) is 2.21. The number of carbonyl (C=O) groups excluding carboxylic acids is 2. The van der Waals surface area contributed by atoms with Gasteiger partial charge in [-0.2, -0.15) is 0 Å². The molecule has 1 saturated carbocycles. The van der Waals surface area contributed by atoms with Gasteiger partial charge in [0, 0.05) is 18.2 Å². The van der Waals surface area contributed by atoms with E-state index in [1.54, 1.807) is 23.6 Å². The van der Waals surface area contributed by atoms with Crippen LogP contribution < -0.4 is 10.9 Å². The van der Waals surface area contributed by atoms with Gasteiger partial charge < -0.3 is 10.1 Å². The van der Waals surface area contributed by atoms with Crippen LogP contribution in [0.3, 0.4) is 0 Å². The molecule has 1 amide bonds. The number of benzene rings is 2. The van der Waals surface area contributed by atoms with Gasteiger partial charge in [-0.15, -0.1) is 0 Å². The minimum Gasteiger partial charge on any atom is -0.453 e. The molecule has 4 rings (SSSR count). The van der Waals surface area contributed by atoms with Crippen molar-refractivity contribution in [3.05, 3.63) is 70.3 Å². The Morgan fingerprint density at radius 1 is 1.12 bits per heavy atom. The zero-order valence-electron chi connectivity index (χ0n) is 19.9. The third kappa shape index (κ3) is 5.19. The quantitative estimate of drug-likeness (QED) is 0.465. The summed E-state index contributed by atoms with van der Waals surface area (Å²) >= 11 is 0. The van der Waals surface area contributed by atoms with Crippen molar-refractivity contribution >= 4 is 28.5 Å². The summed E-state index contributed by atoms with van der Waals surface area (Å²) in [5, 5.41) is 3.48. The molecule has 1 fully saturated rings. The van der Waals surface area contributed by atoms with E-state index in [1.165, 1.54) is 0 Å². The summed E-state index contributed by atoms with van der Waals surface area (Å²) in [6.45, 7) is 5.77. The second-order valence-electron chi connectivity index (χ2n) is 8.97. The molecule has 34 heavy (non-hydrogen) atoms. The molecule has 7 heteroatoms. The van der Waals surface area contributed by atoms with Crippen molar-refractivity contribution in [3.8, 4) is 0 Å². The van der Waals surface area contributed by atoms with Crippen LogP contribution in [-0.4, -0.2) is 27.5 Å². The minimum absolute atomic E-state index is 0.0403. The number of esters is 1. The summed E-state index contributed by atoms with van der Waals surface area (Å²) < 4.78 is 7.12. The van der Waals surface area contributed by atoms with Gasteiger partial charge in [-0.3, -0.25) is 19.0 Å². The highest BCUT2D eigenvalue weighted by molar-refractivity contribution is 5.95. The van der Waals surface area contributed by atoms with Crippen molar-refractivity contribution in [3.63, 3.8) is 0 Å². The molecule has 178 valence electrons. The first-order valence-corrected chi connectivity index (χ1v) is 12.0. The molecule has 1 aliphatic carbocycles. The lowest BCUT2D eigenvalue weighted by Gasteiger charge is -2.18. The van der Waals surface area contributed by atoms with Gasteiger partial charge in [0.1, 0.15) is 5.82 Å². The van der Waals surface area contributed by atoms with Crippen molar-refractivity contribution in [2.24, 2.45) is 0 Å². The van der Waals surface area contributed by atoms with Crippen LogP contribution in [0.4, 0.5) is 5.69 Å². The van der Waals surface area contributed by atoms with Crippen LogP contribution in [0.15, 0.2) is 53.3 Å².